The Kier molecular flexibility index (Phi) is 8.83. The van der Waals surface area contributed by atoms with Crippen molar-refractivity contribution < 1.29 is 4.79 Å². The fourth-order valence-electron chi connectivity index (χ4n) is 1.53. The van der Waals surface area contributed by atoms with Gasteiger partial charge < -0.3 is 10.6 Å². The third kappa shape index (κ3) is 4.69. The van der Waals surface area contributed by atoms with E-state index >= 15 is 0 Å². The van der Waals surface area contributed by atoms with Gasteiger partial charge in [0.05, 0.1) is 0 Å². The molecule has 5 heteroatoms. The number of carbonyl (C=O) groups is 1. The van der Waals surface area contributed by atoms with Crippen molar-refractivity contribution >= 4 is 30.7 Å². The van der Waals surface area contributed by atoms with Gasteiger partial charge in [0.15, 0.2) is 0 Å². The lowest BCUT2D eigenvalue weighted by atomic mass is 9.96. The number of rotatable bonds is 2. The van der Waals surface area contributed by atoms with Gasteiger partial charge in [0.25, 0.3) is 0 Å². The third-order valence-electron chi connectivity index (χ3n) is 2.44. The van der Waals surface area contributed by atoms with E-state index in [9.17, 15) is 4.79 Å². The van der Waals surface area contributed by atoms with Crippen LogP contribution in [0.1, 0.15) is 19.8 Å². The van der Waals surface area contributed by atoms with Crippen LogP contribution in [0.4, 0.5) is 0 Å². The van der Waals surface area contributed by atoms with Crippen LogP contribution in [-0.2, 0) is 4.79 Å². The number of nitrogens with zero attached hydrogens (tertiary/aromatic N) is 1. The smallest absolute Gasteiger partial charge is 0.220 e. The lowest BCUT2D eigenvalue weighted by Gasteiger charge is -2.29. The first-order valence-electron chi connectivity index (χ1n) is 4.25. The topological polar surface area (TPSA) is 46.3 Å². The Hall–Kier alpha value is 0.01000. The molecule has 1 amide bonds. The highest BCUT2D eigenvalue weighted by atomic mass is 35.5. The second-order valence-electron chi connectivity index (χ2n) is 3.11. The van der Waals surface area contributed by atoms with Crippen molar-refractivity contribution in [2.45, 2.75) is 19.8 Å². The monoisotopic (exact) mass is 228 g/mol. The molecule has 0 radical (unpaired) electrons. The maximum absolute atomic E-state index is 10.8. The first-order valence-corrected chi connectivity index (χ1v) is 4.25. The number of likely N-dealkylation sites (tertiary alicyclic amines) is 1. The normalized spacial score (nSPS) is 18.5. The maximum atomic E-state index is 10.8. The molecule has 0 unspecified atom stereocenters. The molecule has 1 fully saturated rings. The van der Waals surface area contributed by atoms with E-state index in [2.05, 4.69) is 11.8 Å². The minimum absolute atomic E-state index is 0. The summed E-state index contributed by atoms with van der Waals surface area (Å²) >= 11 is 0. The fraction of sp³-hybridized carbons (Fsp3) is 0.875. The number of primary amides is 1. The number of piperidine rings is 1. The molecule has 1 rings (SSSR count). The highest BCUT2D eigenvalue weighted by molar-refractivity contribution is 5.85. The van der Waals surface area contributed by atoms with Crippen LogP contribution in [0.25, 0.3) is 0 Å². The van der Waals surface area contributed by atoms with Gasteiger partial charge in [-0.3, -0.25) is 4.79 Å². The number of nitrogens with two attached hydrogens (primary N) is 1. The highest BCUT2D eigenvalue weighted by Gasteiger charge is 2.21. The number of hydrogen-bond donors (Lipinski definition) is 1. The summed E-state index contributed by atoms with van der Waals surface area (Å²) in [4.78, 5) is 13.1. The molecule has 0 aromatic carbocycles. The number of amides is 1. The highest BCUT2D eigenvalue weighted by Crippen LogP contribution is 2.15. The average Bonchev–Trinajstić information content (AvgIpc) is 2.05. The third-order valence-corrected chi connectivity index (χ3v) is 2.44. The maximum Gasteiger partial charge on any atom is 0.220 e. The fourth-order valence-corrected chi connectivity index (χ4v) is 1.53. The lowest BCUT2D eigenvalue weighted by molar-refractivity contribution is -0.123. The second-order valence-corrected chi connectivity index (χ2v) is 3.11. The van der Waals surface area contributed by atoms with Crippen LogP contribution in [0.5, 0.6) is 0 Å². The minimum Gasteiger partial charge on any atom is -0.369 e. The SMILES string of the molecule is CCN1CCC(C(N)=O)CC1.Cl.Cl. The molecule has 1 saturated heterocycles. The van der Waals surface area contributed by atoms with E-state index in [-0.39, 0.29) is 36.6 Å². The van der Waals surface area contributed by atoms with Crippen molar-refractivity contribution in [3.05, 3.63) is 0 Å². The number of carbonyl (C=O) groups excluding carboxylic acids is 1. The molecule has 2 N–H and O–H groups in total. The Morgan fingerprint density at radius 3 is 2.15 bits per heavy atom. The molecule has 1 heterocycles. The largest absolute Gasteiger partial charge is 0.369 e. The minimum atomic E-state index is -0.124. The summed E-state index contributed by atoms with van der Waals surface area (Å²) in [5.74, 6) is 0.0125. The van der Waals surface area contributed by atoms with Crippen LogP contribution in [0, 0.1) is 5.92 Å². The zero-order valence-electron chi connectivity index (χ0n) is 7.86. The van der Waals surface area contributed by atoms with E-state index in [1.165, 1.54) is 0 Å². The molecule has 0 spiro atoms. The molecule has 0 aliphatic carbocycles. The van der Waals surface area contributed by atoms with E-state index in [4.69, 9.17) is 5.73 Å². The van der Waals surface area contributed by atoms with Crippen LogP contribution < -0.4 is 5.73 Å². The van der Waals surface area contributed by atoms with Gasteiger partial charge in [0.2, 0.25) is 5.91 Å². The van der Waals surface area contributed by atoms with E-state index in [0.717, 1.165) is 32.5 Å². The molecule has 0 aromatic heterocycles. The molecule has 0 bridgehead atoms. The quantitative estimate of drug-likeness (QED) is 0.769. The van der Waals surface area contributed by atoms with Crippen LogP contribution in [-0.4, -0.2) is 30.4 Å². The molecule has 1 aliphatic heterocycles. The average molecular weight is 229 g/mol. The molecule has 3 nitrogen and oxygen atoms in total. The van der Waals surface area contributed by atoms with Gasteiger partial charge in [-0.1, -0.05) is 6.92 Å². The molecule has 0 atom stereocenters. The Balaban J connectivity index is 0. The Labute approximate surface area is 91.9 Å². The van der Waals surface area contributed by atoms with Crippen LogP contribution in [0.3, 0.4) is 0 Å². The van der Waals surface area contributed by atoms with Crippen molar-refractivity contribution in [2.75, 3.05) is 19.6 Å². The Morgan fingerprint density at radius 1 is 1.38 bits per heavy atom. The van der Waals surface area contributed by atoms with Gasteiger partial charge in [-0.15, -0.1) is 24.8 Å². The summed E-state index contributed by atoms with van der Waals surface area (Å²) in [6.07, 6.45) is 1.90. The van der Waals surface area contributed by atoms with Crippen LogP contribution in [0.2, 0.25) is 0 Å². The van der Waals surface area contributed by atoms with Crippen molar-refractivity contribution in [1.29, 1.82) is 0 Å². The second kappa shape index (κ2) is 7.42. The van der Waals surface area contributed by atoms with Gasteiger partial charge >= 0.3 is 0 Å². The van der Waals surface area contributed by atoms with Gasteiger partial charge in [0.1, 0.15) is 0 Å². The van der Waals surface area contributed by atoms with Crippen LogP contribution in [0.15, 0.2) is 0 Å². The summed E-state index contributed by atoms with van der Waals surface area (Å²) < 4.78 is 0. The zero-order chi connectivity index (χ0) is 8.27. The van der Waals surface area contributed by atoms with Crippen molar-refractivity contribution in [1.82, 2.24) is 4.90 Å². The lowest BCUT2D eigenvalue weighted by Crippen LogP contribution is -2.38. The number of hydrogen-bond acceptors (Lipinski definition) is 2. The van der Waals surface area contributed by atoms with Gasteiger partial charge in [-0.2, -0.15) is 0 Å². The predicted molar refractivity (Wildman–Crippen MR) is 58.5 cm³/mol. The van der Waals surface area contributed by atoms with Crippen LogP contribution >= 0.6 is 24.8 Å². The van der Waals surface area contributed by atoms with Crippen molar-refractivity contribution in [3.63, 3.8) is 0 Å². The van der Waals surface area contributed by atoms with E-state index < -0.39 is 0 Å². The molecular formula is C8H18Cl2N2O. The summed E-state index contributed by atoms with van der Waals surface area (Å²) in [5, 5.41) is 0. The Morgan fingerprint density at radius 2 is 1.85 bits per heavy atom. The first kappa shape index (κ1) is 15.5. The summed E-state index contributed by atoms with van der Waals surface area (Å²) in [6.45, 7) is 5.30. The van der Waals surface area contributed by atoms with Crippen molar-refractivity contribution in [3.8, 4) is 0 Å². The number of halogens is 2. The van der Waals surface area contributed by atoms with E-state index in [0.29, 0.717) is 0 Å². The standard InChI is InChI=1S/C8H16N2O.2ClH/c1-2-10-5-3-7(4-6-10)8(9)11;;/h7H,2-6H2,1H3,(H2,9,11);2*1H. The molecule has 80 valence electrons. The van der Waals surface area contributed by atoms with Crippen molar-refractivity contribution in [2.24, 2.45) is 11.7 Å². The van der Waals surface area contributed by atoms with Gasteiger partial charge in [-0.25, -0.2) is 0 Å². The molecule has 0 saturated carbocycles. The first-order chi connectivity index (χ1) is 5.24. The van der Waals surface area contributed by atoms with E-state index in [1.54, 1.807) is 0 Å². The summed E-state index contributed by atoms with van der Waals surface area (Å²) in [5.41, 5.74) is 5.20. The molecule has 1 aliphatic rings. The van der Waals surface area contributed by atoms with Gasteiger partial charge in [0, 0.05) is 5.92 Å². The van der Waals surface area contributed by atoms with E-state index in [1.807, 2.05) is 0 Å². The summed E-state index contributed by atoms with van der Waals surface area (Å²) in [7, 11) is 0. The molecule has 13 heavy (non-hydrogen) atoms. The summed E-state index contributed by atoms with van der Waals surface area (Å²) in [6, 6.07) is 0. The molecule has 0 aromatic rings. The van der Waals surface area contributed by atoms with Gasteiger partial charge in [-0.05, 0) is 32.5 Å². The Bertz CT molecular complexity index is 147. The zero-order valence-corrected chi connectivity index (χ0v) is 9.50. The molecular weight excluding hydrogens is 211 g/mol. The predicted octanol–water partition coefficient (Wildman–Crippen LogP) is 1.05.